The van der Waals surface area contributed by atoms with Gasteiger partial charge >= 0.3 is 6.03 Å². The van der Waals surface area contributed by atoms with Crippen LogP contribution in [0.1, 0.15) is 45.0 Å². The largest absolute Gasteiger partial charge is 0.376 e. The molecule has 0 spiro atoms. The highest BCUT2D eigenvalue weighted by Crippen LogP contribution is 2.19. The van der Waals surface area contributed by atoms with Gasteiger partial charge in [0.05, 0.1) is 19.2 Å². The number of aromatic nitrogens is 2. The minimum Gasteiger partial charge on any atom is -0.376 e. The van der Waals surface area contributed by atoms with Crippen molar-refractivity contribution < 1.29 is 9.53 Å². The van der Waals surface area contributed by atoms with Crippen LogP contribution in [-0.4, -0.2) is 45.3 Å². The lowest BCUT2D eigenvalue weighted by molar-refractivity contribution is 0.0772. The summed E-state index contributed by atoms with van der Waals surface area (Å²) in [4.78, 5) is 19.2. The molecule has 7 heteroatoms. The average Bonchev–Trinajstić information content (AvgIpc) is 3.27. The molecule has 0 aliphatic carbocycles. The summed E-state index contributed by atoms with van der Waals surface area (Å²) in [5.41, 5.74) is 0.715. The molecule has 152 valence electrons. The van der Waals surface area contributed by atoms with Crippen molar-refractivity contribution in [2.45, 2.75) is 58.3 Å². The standard InChI is InChI=1S/C21H29ClN4O2/c1-21(2,3)24-20(27)26(14-17-8-6-12-28-17)15-19-23-10-11-25(19)13-16-7-4-5-9-18(16)22/h4-5,7,9-11,17H,6,8,12-15H2,1-3H3,(H,24,27). The summed E-state index contributed by atoms with van der Waals surface area (Å²) in [5, 5.41) is 3.78. The second kappa shape index (κ2) is 8.97. The highest BCUT2D eigenvalue weighted by atomic mass is 35.5. The number of ether oxygens (including phenoxy) is 1. The Hall–Kier alpha value is -2.05. The van der Waals surface area contributed by atoms with Crippen LogP contribution in [0, 0.1) is 0 Å². The van der Waals surface area contributed by atoms with E-state index in [0.717, 1.165) is 35.9 Å². The van der Waals surface area contributed by atoms with Crippen molar-refractivity contribution in [2.75, 3.05) is 13.2 Å². The number of carbonyl (C=O) groups is 1. The fourth-order valence-corrected chi connectivity index (χ4v) is 3.47. The van der Waals surface area contributed by atoms with Crippen LogP contribution in [0.15, 0.2) is 36.7 Å². The van der Waals surface area contributed by atoms with Crippen molar-refractivity contribution in [2.24, 2.45) is 0 Å². The van der Waals surface area contributed by atoms with Crippen molar-refractivity contribution >= 4 is 17.6 Å². The fraction of sp³-hybridized carbons (Fsp3) is 0.524. The van der Waals surface area contributed by atoms with E-state index in [2.05, 4.69) is 10.3 Å². The number of benzene rings is 1. The van der Waals surface area contributed by atoms with Crippen molar-refractivity contribution in [3.05, 3.63) is 53.1 Å². The Kier molecular flexibility index (Phi) is 6.62. The summed E-state index contributed by atoms with van der Waals surface area (Å²) in [7, 11) is 0. The van der Waals surface area contributed by atoms with Gasteiger partial charge in [-0.3, -0.25) is 0 Å². The molecular weight excluding hydrogens is 376 g/mol. The van der Waals surface area contributed by atoms with Gasteiger partial charge in [0, 0.05) is 36.1 Å². The van der Waals surface area contributed by atoms with Crippen LogP contribution in [0.2, 0.25) is 5.02 Å². The van der Waals surface area contributed by atoms with Crippen LogP contribution in [0.5, 0.6) is 0 Å². The Labute approximate surface area is 171 Å². The molecule has 1 aliphatic rings. The van der Waals surface area contributed by atoms with Crippen molar-refractivity contribution in [3.8, 4) is 0 Å². The van der Waals surface area contributed by atoms with Gasteiger partial charge in [-0.1, -0.05) is 29.8 Å². The quantitative estimate of drug-likeness (QED) is 0.789. The Morgan fingerprint density at radius 3 is 2.86 bits per heavy atom. The molecular formula is C21H29ClN4O2. The van der Waals surface area contributed by atoms with E-state index in [-0.39, 0.29) is 17.7 Å². The predicted molar refractivity (Wildman–Crippen MR) is 110 cm³/mol. The molecule has 2 amide bonds. The van der Waals surface area contributed by atoms with E-state index in [1.54, 1.807) is 11.1 Å². The van der Waals surface area contributed by atoms with Gasteiger partial charge in [0.1, 0.15) is 5.82 Å². The molecule has 3 rings (SSSR count). The molecule has 2 aromatic rings. The number of amides is 2. The van der Waals surface area contributed by atoms with Crippen LogP contribution in [-0.2, 0) is 17.8 Å². The van der Waals surface area contributed by atoms with E-state index < -0.39 is 0 Å². The van der Waals surface area contributed by atoms with Gasteiger partial charge in [-0.15, -0.1) is 0 Å². The molecule has 2 heterocycles. The first kappa shape index (κ1) is 20.7. The Morgan fingerprint density at radius 2 is 2.18 bits per heavy atom. The topological polar surface area (TPSA) is 59.4 Å². The number of rotatable bonds is 6. The molecule has 1 N–H and O–H groups in total. The zero-order valence-electron chi connectivity index (χ0n) is 16.8. The van der Waals surface area contributed by atoms with Gasteiger partial charge in [-0.2, -0.15) is 0 Å². The highest BCUT2D eigenvalue weighted by Gasteiger charge is 2.26. The fourth-order valence-electron chi connectivity index (χ4n) is 3.27. The number of imidazole rings is 1. The first-order valence-corrected chi connectivity index (χ1v) is 10.1. The normalized spacial score (nSPS) is 16.9. The summed E-state index contributed by atoms with van der Waals surface area (Å²) < 4.78 is 7.79. The van der Waals surface area contributed by atoms with E-state index in [4.69, 9.17) is 16.3 Å². The number of hydrogen-bond acceptors (Lipinski definition) is 3. The maximum absolute atomic E-state index is 12.9. The third kappa shape index (κ3) is 5.72. The maximum atomic E-state index is 12.9. The van der Waals surface area contributed by atoms with Gasteiger partial charge in [-0.25, -0.2) is 9.78 Å². The molecule has 1 aromatic heterocycles. The van der Waals surface area contributed by atoms with Gasteiger partial charge in [0.15, 0.2) is 0 Å². The third-order valence-electron chi connectivity index (χ3n) is 4.65. The molecule has 28 heavy (non-hydrogen) atoms. The molecule has 1 atom stereocenters. The Bertz CT molecular complexity index is 794. The van der Waals surface area contributed by atoms with Gasteiger partial charge in [0.2, 0.25) is 0 Å². The molecule has 1 saturated heterocycles. The lowest BCUT2D eigenvalue weighted by atomic mass is 10.1. The van der Waals surface area contributed by atoms with E-state index in [1.807, 2.05) is 55.8 Å². The van der Waals surface area contributed by atoms with E-state index in [9.17, 15) is 4.79 Å². The number of nitrogens with zero attached hydrogens (tertiary/aromatic N) is 3. The molecule has 0 saturated carbocycles. The zero-order valence-corrected chi connectivity index (χ0v) is 17.6. The van der Waals surface area contributed by atoms with Gasteiger partial charge in [-0.05, 0) is 45.2 Å². The van der Waals surface area contributed by atoms with Crippen LogP contribution in [0.3, 0.4) is 0 Å². The molecule has 1 unspecified atom stereocenters. The number of urea groups is 1. The average molecular weight is 405 g/mol. The minimum absolute atomic E-state index is 0.0812. The molecule has 1 fully saturated rings. The lowest BCUT2D eigenvalue weighted by Crippen LogP contribution is -2.50. The number of halogens is 1. The molecule has 1 aliphatic heterocycles. The molecule has 0 bridgehead atoms. The lowest BCUT2D eigenvalue weighted by Gasteiger charge is -2.30. The highest BCUT2D eigenvalue weighted by molar-refractivity contribution is 6.31. The number of hydrogen-bond donors (Lipinski definition) is 1. The summed E-state index contributed by atoms with van der Waals surface area (Å²) >= 11 is 6.31. The smallest absolute Gasteiger partial charge is 0.318 e. The first-order valence-electron chi connectivity index (χ1n) is 9.74. The van der Waals surface area contributed by atoms with Crippen LogP contribution < -0.4 is 5.32 Å². The SMILES string of the molecule is CC(C)(C)NC(=O)N(Cc1nccn1Cc1ccccc1Cl)CC1CCCO1. The monoisotopic (exact) mass is 404 g/mol. The first-order chi connectivity index (χ1) is 13.3. The summed E-state index contributed by atoms with van der Waals surface area (Å²) in [6.07, 6.45) is 5.79. The molecule has 1 aromatic carbocycles. The number of nitrogens with one attached hydrogen (secondary N) is 1. The van der Waals surface area contributed by atoms with Gasteiger partial charge < -0.3 is 19.5 Å². The Balaban J connectivity index is 1.75. The minimum atomic E-state index is -0.307. The van der Waals surface area contributed by atoms with Crippen LogP contribution >= 0.6 is 11.6 Å². The Morgan fingerprint density at radius 1 is 1.39 bits per heavy atom. The second-order valence-corrected chi connectivity index (χ2v) is 8.67. The summed E-state index contributed by atoms with van der Waals surface area (Å²) in [6, 6.07) is 7.67. The van der Waals surface area contributed by atoms with Crippen LogP contribution in [0.4, 0.5) is 4.79 Å². The van der Waals surface area contributed by atoms with Crippen molar-refractivity contribution in [3.63, 3.8) is 0 Å². The molecule has 6 nitrogen and oxygen atoms in total. The van der Waals surface area contributed by atoms with Crippen LogP contribution in [0.25, 0.3) is 0 Å². The van der Waals surface area contributed by atoms with E-state index in [1.165, 1.54) is 0 Å². The number of carbonyl (C=O) groups excluding carboxylic acids is 1. The molecule has 0 radical (unpaired) electrons. The van der Waals surface area contributed by atoms with E-state index >= 15 is 0 Å². The van der Waals surface area contributed by atoms with E-state index in [0.29, 0.717) is 19.6 Å². The third-order valence-corrected chi connectivity index (χ3v) is 5.02. The maximum Gasteiger partial charge on any atom is 0.318 e. The second-order valence-electron chi connectivity index (χ2n) is 8.26. The summed E-state index contributed by atoms with van der Waals surface area (Å²) in [5.74, 6) is 0.821. The summed E-state index contributed by atoms with van der Waals surface area (Å²) in [6.45, 7) is 8.29. The predicted octanol–water partition coefficient (Wildman–Crippen LogP) is 4.07. The zero-order chi connectivity index (χ0) is 20.1. The van der Waals surface area contributed by atoms with Gasteiger partial charge in [0.25, 0.3) is 0 Å². The van der Waals surface area contributed by atoms with Crippen molar-refractivity contribution in [1.29, 1.82) is 0 Å². The van der Waals surface area contributed by atoms with Crippen molar-refractivity contribution in [1.82, 2.24) is 19.8 Å².